The molecule has 0 amide bonds. The molecule has 0 saturated heterocycles. The molecule has 1 aliphatic rings. The molecule has 1 heterocycles. The van der Waals surface area contributed by atoms with Crippen molar-refractivity contribution in [2.24, 2.45) is 24.8 Å². The molecule has 3 unspecified atom stereocenters. The summed E-state index contributed by atoms with van der Waals surface area (Å²) in [6, 6.07) is 2.23. The van der Waals surface area contributed by atoms with Gasteiger partial charge < -0.3 is 5.32 Å². The molecule has 0 aliphatic heterocycles. The lowest BCUT2D eigenvalue weighted by Gasteiger charge is -2.36. The first-order valence-electron chi connectivity index (χ1n) is 8.80. The Labute approximate surface area is 130 Å². The molecule has 1 fully saturated rings. The molecule has 3 nitrogen and oxygen atoms in total. The fourth-order valence-electron chi connectivity index (χ4n) is 3.90. The molecule has 0 spiro atoms. The Morgan fingerprint density at radius 3 is 2.81 bits per heavy atom. The lowest BCUT2D eigenvalue weighted by molar-refractivity contribution is 0.213. The van der Waals surface area contributed by atoms with Crippen LogP contribution in [0.15, 0.2) is 12.3 Å². The Morgan fingerprint density at radius 1 is 1.38 bits per heavy atom. The molecule has 2 rings (SSSR count). The fraction of sp³-hybridized carbons (Fsp3) is 0.833. The molecule has 0 bridgehead atoms. The summed E-state index contributed by atoms with van der Waals surface area (Å²) in [4.78, 5) is 0. The number of hydrogen-bond donors (Lipinski definition) is 1. The topological polar surface area (TPSA) is 29.9 Å². The van der Waals surface area contributed by atoms with Crippen molar-refractivity contribution in [3.05, 3.63) is 18.0 Å². The average Bonchev–Trinajstić information content (AvgIpc) is 2.86. The molecule has 21 heavy (non-hydrogen) atoms. The van der Waals surface area contributed by atoms with Gasteiger partial charge in [-0.1, -0.05) is 40.0 Å². The SMILES string of the molecule is CCCC1CCC(CNCC(C)C)C(c2ccnn2C)C1. The van der Waals surface area contributed by atoms with E-state index in [-0.39, 0.29) is 0 Å². The van der Waals surface area contributed by atoms with Crippen LogP contribution in [0, 0.1) is 17.8 Å². The Kier molecular flexibility index (Phi) is 6.28. The Morgan fingerprint density at radius 2 is 2.19 bits per heavy atom. The molecular formula is C18H33N3. The Bertz CT molecular complexity index is 410. The summed E-state index contributed by atoms with van der Waals surface area (Å²) in [5.74, 6) is 3.10. The molecule has 1 N–H and O–H groups in total. The number of nitrogens with one attached hydrogen (secondary N) is 1. The van der Waals surface area contributed by atoms with E-state index >= 15 is 0 Å². The van der Waals surface area contributed by atoms with Gasteiger partial charge in [0.25, 0.3) is 0 Å². The van der Waals surface area contributed by atoms with Crippen LogP contribution in [-0.4, -0.2) is 22.9 Å². The smallest absolute Gasteiger partial charge is 0.0492 e. The maximum absolute atomic E-state index is 4.40. The second-order valence-electron chi connectivity index (χ2n) is 7.27. The van der Waals surface area contributed by atoms with E-state index in [9.17, 15) is 0 Å². The van der Waals surface area contributed by atoms with Crippen LogP contribution < -0.4 is 5.32 Å². The van der Waals surface area contributed by atoms with E-state index in [1.807, 2.05) is 6.20 Å². The van der Waals surface area contributed by atoms with Crippen molar-refractivity contribution < 1.29 is 0 Å². The van der Waals surface area contributed by atoms with Gasteiger partial charge in [-0.05, 0) is 49.8 Å². The third-order valence-electron chi connectivity index (χ3n) is 5.00. The fourth-order valence-corrected chi connectivity index (χ4v) is 3.90. The molecule has 1 aromatic rings. The lowest BCUT2D eigenvalue weighted by Crippen LogP contribution is -2.34. The van der Waals surface area contributed by atoms with Crippen molar-refractivity contribution >= 4 is 0 Å². The predicted molar refractivity (Wildman–Crippen MR) is 89.4 cm³/mol. The molecular weight excluding hydrogens is 258 g/mol. The van der Waals surface area contributed by atoms with Gasteiger partial charge >= 0.3 is 0 Å². The van der Waals surface area contributed by atoms with Gasteiger partial charge in [-0.25, -0.2) is 0 Å². The second-order valence-corrected chi connectivity index (χ2v) is 7.27. The van der Waals surface area contributed by atoms with Crippen LogP contribution in [0.1, 0.15) is 64.5 Å². The van der Waals surface area contributed by atoms with Crippen molar-refractivity contribution in [1.29, 1.82) is 0 Å². The van der Waals surface area contributed by atoms with E-state index < -0.39 is 0 Å². The highest BCUT2D eigenvalue weighted by Gasteiger charge is 2.32. The molecule has 1 aliphatic carbocycles. The standard InChI is InChI=1S/C18H33N3/c1-5-6-15-7-8-16(13-19-12-14(2)3)17(11-15)18-9-10-20-21(18)4/h9-10,14-17,19H,5-8,11-13H2,1-4H3. The highest BCUT2D eigenvalue weighted by Crippen LogP contribution is 2.41. The van der Waals surface area contributed by atoms with Crippen LogP contribution in [0.3, 0.4) is 0 Å². The first-order valence-corrected chi connectivity index (χ1v) is 8.80. The van der Waals surface area contributed by atoms with Crippen LogP contribution >= 0.6 is 0 Å². The first-order chi connectivity index (χ1) is 10.1. The van der Waals surface area contributed by atoms with Crippen molar-refractivity contribution in [2.45, 2.75) is 58.8 Å². The summed E-state index contributed by atoms with van der Waals surface area (Å²) in [5, 5.41) is 8.09. The van der Waals surface area contributed by atoms with Gasteiger partial charge in [-0.15, -0.1) is 0 Å². The van der Waals surface area contributed by atoms with Crippen LogP contribution in [0.2, 0.25) is 0 Å². The van der Waals surface area contributed by atoms with Crippen LogP contribution in [-0.2, 0) is 7.05 Å². The minimum absolute atomic E-state index is 0.683. The summed E-state index contributed by atoms with van der Waals surface area (Å²) in [5.41, 5.74) is 1.44. The number of rotatable bonds is 7. The highest BCUT2D eigenvalue weighted by atomic mass is 15.3. The molecule has 120 valence electrons. The lowest BCUT2D eigenvalue weighted by atomic mass is 9.71. The zero-order chi connectivity index (χ0) is 15.2. The van der Waals surface area contributed by atoms with E-state index in [0.717, 1.165) is 30.8 Å². The summed E-state index contributed by atoms with van der Waals surface area (Å²) in [6.45, 7) is 9.17. The number of nitrogens with zero attached hydrogens (tertiary/aromatic N) is 2. The van der Waals surface area contributed by atoms with E-state index in [0.29, 0.717) is 5.92 Å². The predicted octanol–water partition coefficient (Wildman–Crippen LogP) is 3.97. The van der Waals surface area contributed by atoms with E-state index in [1.165, 1.54) is 37.8 Å². The maximum atomic E-state index is 4.40. The summed E-state index contributed by atoms with van der Waals surface area (Å²) >= 11 is 0. The van der Waals surface area contributed by atoms with Gasteiger partial charge in [0.1, 0.15) is 0 Å². The van der Waals surface area contributed by atoms with Gasteiger partial charge in [-0.2, -0.15) is 5.10 Å². The molecule has 3 atom stereocenters. The minimum Gasteiger partial charge on any atom is -0.316 e. The molecule has 1 saturated carbocycles. The van der Waals surface area contributed by atoms with Crippen molar-refractivity contribution in [2.75, 3.05) is 13.1 Å². The maximum Gasteiger partial charge on any atom is 0.0492 e. The minimum atomic E-state index is 0.683. The molecule has 1 aromatic heterocycles. The van der Waals surface area contributed by atoms with Gasteiger partial charge in [0, 0.05) is 24.9 Å². The first kappa shape index (κ1) is 16.5. The van der Waals surface area contributed by atoms with Crippen LogP contribution in [0.5, 0.6) is 0 Å². The van der Waals surface area contributed by atoms with Gasteiger partial charge in [0.15, 0.2) is 0 Å². The molecule has 3 heteroatoms. The largest absolute Gasteiger partial charge is 0.316 e. The Balaban J connectivity index is 2.02. The quantitative estimate of drug-likeness (QED) is 0.824. The van der Waals surface area contributed by atoms with Gasteiger partial charge in [-0.3, -0.25) is 4.68 Å². The summed E-state index contributed by atoms with van der Waals surface area (Å²) in [6.07, 6.45) is 8.79. The van der Waals surface area contributed by atoms with Gasteiger partial charge in [0.05, 0.1) is 0 Å². The van der Waals surface area contributed by atoms with Crippen molar-refractivity contribution in [3.63, 3.8) is 0 Å². The third-order valence-corrected chi connectivity index (χ3v) is 5.00. The van der Waals surface area contributed by atoms with Crippen molar-refractivity contribution in [3.8, 4) is 0 Å². The second kappa shape index (κ2) is 7.98. The van der Waals surface area contributed by atoms with Crippen LogP contribution in [0.4, 0.5) is 0 Å². The number of aryl methyl sites for hydroxylation is 1. The number of hydrogen-bond acceptors (Lipinski definition) is 2. The molecule has 0 aromatic carbocycles. The van der Waals surface area contributed by atoms with Crippen LogP contribution in [0.25, 0.3) is 0 Å². The summed E-state index contributed by atoms with van der Waals surface area (Å²) < 4.78 is 2.09. The zero-order valence-electron chi connectivity index (χ0n) is 14.3. The highest BCUT2D eigenvalue weighted by molar-refractivity contribution is 5.11. The number of aromatic nitrogens is 2. The monoisotopic (exact) mass is 291 g/mol. The normalized spacial score (nSPS) is 26.4. The average molecular weight is 291 g/mol. The third kappa shape index (κ3) is 4.57. The molecule has 0 radical (unpaired) electrons. The summed E-state index contributed by atoms with van der Waals surface area (Å²) in [7, 11) is 2.09. The van der Waals surface area contributed by atoms with E-state index in [1.54, 1.807) is 0 Å². The van der Waals surface area contributed by atoms with E-state index in [4.69, 9.17) is 0 Å². The van der Waals surface area contributed by atoms with E-state index in [2.05, 4.69) is 49.0 Å². The van der Waals surface area contributed by atoms with Crippen molar-refractivity contribution in [1.82, 2.24) is 15.1 Å². The Hall–Kier alpha value is -0.830. The van der Waals surface area contributed by atoms with Gasteiger partial charge in [0.2, 0.25) is 0 Å². The zero-order valence-corrected chi connectivity index (χ0v) is 14.3.